The number of oxime groups is 1. The molecule has 1 atom stereocenters. The van der Waals surface area contributed by atoms with E-state index in [2.05, 4.69) is 5.16 Å². The Morgan fingerprint density at radius 1 is 1.12 bits per heavy atom. The molecule has 0 N–H and O–H groups in total. The van der Waals surface area contributed by atoms with Crippen molar-refractivity contribution >= 4 is 11.6 Å². The summed E-state index contributed by atoms with van der Waals surface area (Å²) in [5.41, 5.74) is 1.94. The Bertz CT molecular complexity index is 802. The van der Waals surface area contributed by atoms with Gasteiger partial charge in [0.15, 0.2) is 6.10 Å². The third-order valence-electron chi connectivity index (χ3n) is 4.63. The molecule has 2 aromatic rings. The van der Waals surface area contributed by atoms with Gasteiger partial charge in [-0.3, -0.25) is 4.79 Å². The molecule has 2 aromatic carbocycles. The van der Waals surface area contributed by atoms with Gasteiger partial charge in [-0.2, -0.15) is 0 Å². The van der Waals surface area contributed by atoms with Crippen LogP contribution >= 0.6 is 0 Å². The Morgan fingerprint density at radius 3 is 2.56 bits per heavy atom. The number of benzene rings is 2. The first-order valence-electron chi connectivity index (χ1n) is 8.54. The van der Waals surface area contributed by atoms with E-state index in [0.29, 0.717) is 17.7 Å². The van der Waals surface area contributed by atoms with Gasteiger partial charge in [0, 0.05) is 24.6 Å². The summed E-state index contributed by atoms with van der Waals surface area (Å²) in [5.74, 6) is -0.433. The summed E-state index contributed by atoms with van der Waals surface area (Å²) in [7, 11) is 0. The molecule has 1 heterocycles. The summed E-state index contributed by atoms with van der Waals surface area (Å²) in [6.45, 7) is 0.269. The molecule has 5 heteroatoms. The molecule has 25 heavy (non-hydrogen) atoms. The van der Waals surface area contributed by atoms with Crippen LogP contribution in [0.3, 0.4) is 0 Å². The van der Waals surface area contributed by atoms with Crippen molar-refractivity contribution in [3.05, 3.63) is 71.5 Å². The number of rotatable bonds is 5. The summed E-state index contributed by atoms with van der Waals surface area (Å²) < 4.78 is 14.0. The van der Waals surface area contributed by atoms with Crippen LogP contribution in [0, 0.1) is 5.82 Å². The predicted molar refractivity (Wildman–Crippen MR) is 92.3 cm³/mol. The smallest absolute Gasteiger partial charge is 0.272 e. The Labute approximate surface area is 145 Å². The standard InChI is InChI=1S/C20H19FN2O2/c21-17-9-5-4-8-15(17)13-23(16-10-11-16)20(24)18-12-19(25-22-18)14-6-2-1-3-7-14/h1-9,16,19H,10-13H2. The molecule has 4 nitrogen and oxygen atoms in total. The lowest BCUT2D eigenvalue weighted by molar-refractivity contribution is -0.125. The molecule has 0 bridgehead atoms. The molecule has 0 saturated heterocycles. The van der Waals surface area contributed by atoms with Crippen molar-refractivity contribution in [2.24, 2.45) is 5.16 Å². The van der Waals surface area contributed by atoms with Crippen LogP contribution in [-0.4, -0.2) is 22.6 Å². The van der Waals surface area contributed by atoms with Gasteiger partial charge in [-0.25, -0.2) is 4.39 Å². The van der Waals surface area contributed by atoms with Crippen LogP contribution < -0.4 is 0 Å². The number of amides is 1. The fourth-order valence-corrected chi connectivity index (χ4v) is 3.08. The van der Waals surface area contributed by atoms with Crippen molar-refractivity contribution in [2.75, 3.05) is 0 Å². The molecule has 1 amide bonds. The van der Waals surface area contributed by atoms with Gasteiger partial charge >= 0.3 is 0 Å². The zero-order valence-electron chi connectivity index (χ0n) is 13.8. The topological polar surface area (TPSA) is 41.9 Å². The van der Waals surface area contributed by atoms with Crippen LogP contribution in [-0.2, 0) is 16.2 Å². The average molecular weight is 338 g/mol. The third-order valence-corrected chi connectivity index (χ3v) is 4.63. The molecule has 128 valence electrons. The van der Waals surface area contributed by atoms with Crippen molar-refractivity contribution in [1.82, 2.24) is 4.90 Å². The minimum Gasteiger partial charge on any atom is -0.387 e. The number of halogens is 1. The SMILES string of the molecule is O=C(C1=NOC(c2ccccc2)C1)N(Cc1ccccc1F)C1CC1. The Hall–Kier alpha value is -2.69. The van der Waals surface area contributed by atoms with Crippen LogP contribution in [0.4, 0.5) is 4.39 Å². The van der Waals surface area contributed by atoms with Gasteiger partial charge < -0.3 is 9.74 Å². The van der Waals surface area contributed by atoms with Crippen molar-refractivity contribution in [1.29, 1.82) is 0 Å². The number of hydrogen-bond donors (Lipinski definition) is 0. The van der Waals surface area contributed by atoms with Gasteiger partial charge in [0.1, 0.15) is 11.5 Å². The van der Waals surface area contributed by atoms with Gasteiger partial charge in [0.25, 0.3) is 5.91 Å². The maximum absolute atomic E-state index is 14.0. The Kier molecular flexibility index (Phi) is 4.22. The fourth-order valence-electron chi connectivity index (χ4n) is 3.08. The number of nitrogens with zero attached hydrogens (tertiary/aromatic N) is 2. The predicted octanol–water partition coefficient (Wildman–Crippen LogP) is 3.83. The fraction of sp³-hybridized carbons (Fsp3) is 0.300. The molecule has 1 aliphatic heterocycles. The Balaban J connectivity index is 1.48. The van der Waals surface area contributed by atoms with Gasteiger partial charge in [-0.15, -0.1) is 0 Å². The van der Waals surface area contributed by atoms with Crippen LogP contribution in [0.25, 0.3) is 0 Å². The lowest BCUT2D eigenvalue weighted by Gasteiger charge is -2.22. The second-order valence-corrected chi connectivity index (χ2v) is 6.50. The van der Waals surface area contributed by atoms with Crippen LogP contribution in [0.1, 0.15) is 36.5 Å². The molecule has 1 fully saturated rings. The van der Waals surface area contributed by atoms with E-state index in [-0.39, 0.29) is 30.4 Å². The van der Waals surface area contributed by atoms with Crippen LogP contribution in [0.5, 0.6) is 0 Å². The molecule has 1 saturated carbocycles. The van der Waals surface area contributed by atoms with Crippen molar-refractivity contribution in [2.45, 2.75) is 38.0 Å². The highest BCUT2D eigenvalue weighted by Gasteiger charge is 2.37. The third kappa shape index (κ3) is 3.40. The van der Waals surface area contributed by atoms with Crippen LogP contribution in [0.2, 0.25) is 0 Å². The summed E-state index contributed by atoms with van der Waals surface area (Å²) in [6, 6.07) is 16.5. The van der Waals surface area contributed by atoms with E-state index in [4.69, 9.17) is 4.84 Å². The second kappa shape index (κ2) is 6.67. The molecule has 1 unspecified atom stereocenters. The highest BCUT2D eigenvalue weighted by Crippen LogP contribution is 2.32. The molecular weight excluding hydrogens is 319 g/mol. The summed E-state index contributed by atoms with van der Waals surface area (Å²) in [6.07, 6.45) is 2.13. The van der Waals surface area contributed by atoms with Crippen molar-refractivity contribution in [3.63, 3.8) is 0 Å². The van der Waals surface area contributed by atoms with E-state index in [9.17, 15) is 9.18 Å². The van der Waals surface area contributed by atoms with E-state index < -0.39 is 0 Å². The minimum atomic E-state index is -0.285. The second-order valence-electron chi connectivity index (χ2n) is 6.50. The highest BCUT2D eigenvalue weighted by molar-refractivity contribution is 6.39. The van der Waals surface area contributed by atoms with Gasteiger partial charge in [0.05, 0.1) is 0 Å². The number of carbonyl (C=O) groups is 1. The van der Waals surface area contributed by atoms with Gasteiger partial charge in [-0.1, -0.05) is 53.7 Å². The zero-order chi connectivity index (χ0) is 17.2. The lowest BCUT2D eigenvalue weighted by Crippen LogP contribution is -2.37. The monoisotopic (exact) mass is 338 g/mol. The molecule has 1 aliphatic carbocycles. The Morgan fingerprint density at radius 2 is 1.84 bits per heavy atom. The quantitative estimate of drug-likeness (QED) is 0.831. The first kappa shape index (κ1) is 15.8. The first-order valence-corrected chi connectivity index (χ1v) is 8.54. The maximum atomic E-state index is 14.0. The highest BCUT2D eigenvalue weighted by atomic mass is 19.1. The first-order chi connectivity index (χ1) is 12.2. The number of hydrogen-bond acceptors (Lipinski definition) is 3. The molecule has 4 rings (SSSR count). The van der Waals surface area contributed by atoms with E-state index in [1.54, 1.807) is 23.1 Å². The van der Waals surface area contributed by atoms with Gasteiger partial charge in [0.2, 0.25) is 0 Å². The van der Waals surface area contributed by atoms with E-state index in [0.717, 1.165) is 18.4 Å². The summed E-state index contributed by atoms with van der Waals surface area (Å²) in [4.78, 5) is 20.1. The maximum Gasteiger partial charge on any atom is 0.272 e. The lowest BCUT2D eigenvalue weighted by atomic mass is 10.0. The minimum absolute atomic E-state index is 0.149. The van der Waals surface area contributed by atoms with Crippen LogP contribution in [0.15, 0.2) is 59.8 Å². The normalized spacial score (nSPS) is 19.2. The summed E-state index contributed by atoms with van der Waals surface area (Å²) in [5, 5.41) is 4.02. The van der Waals surface area contributed by atoms with E-state index in [1.807, 2.05) is 30.3 Å². The van der Waals surface area contributed by atoms with E-state index in [1.165, 1.54) is 6.07 Å². The molecular formula is C20H19FN2O2. The van der Waals surface area contributed by atoms with Crippen molar-refractivity contribution in [3.8, 4) is 0 Å². The molecule has 0 aromatic heterocycles. The molecule has 0 radical (unpaired) electrons. The van der Waals surface area contributed by atoms with Crippen molar-refractivity contribution < 1.29 is 14.0 Å². The molecule has 2 aliphatic rings. The summed E-state index contributed by atoms with van der Waals surface area (Å²) >= 11 is 0. The zero-order valence-corrected chi connectivity index (χ0v) is 13.8. The van der Waals surface area contributed by atoms with E-state index >= 15 is 0 Å². The largest absolute Gasteiger partial charge is 0.387 e. The molecule has 0 spiro atoms. The van der Waals surface area contributed by atoms with Gasteiger partial charge in [-0.05, 0) is 24.5 Å². The number of carbonyl (C=O) groups excluding carboxylic acids is 1. The average Bonchev–Trinajstić information content (AvgIpc) is 3.36.